The predicted octanol–water partition coefficient (Wildman–Crippen LogP) is 3.08. The molecule has 1 unspecified atom stereocenters. The third-order valence-corrected chi connectivity index (χ3v) is 3.37. The molecule has 0 bridgehead atoms. The zero-order valence-electron chi connectivity index (χ0n) is 11.0. The van der Waals surface area contributed by atoms with Crippen LogP contribution in [0.1, 0.15) is 17.2 Å². The normalized spacial score (nSPS) is 12.5. The summed E-state index contributed by atoms with van der Waals surface area (Å²) >= 11 is 0. The molecule has 0 radical (unpaired) electrons. The van der Waals surface area contributed by atoms with Crippen molar-refractivity contribution in [3.63, 3.8) is 0 Å². The minimum absolute atomic E-state index is 0.107. The molecule has 0 saturated carbocycles. The van der Waals surface area contributed by atoms with Gasteiger partial charge in [-0.05, 0) is 35.7 Å². The number of pyridine rings is 2. The zero-order valence-corrected chi connectivity index (χ0v) is 11.0. The third-order valence-electron chi connectivity index (χ3n) is 3.37. The minimum atomic E-state index is -0.329. The molecule has 0 spiro atoms. The molecular formula is C16H14FN3. The van der Waals surface area contributed by atoms with Crippen LogP contribution in [0.4, 0.5) is 4.39 Å². The Morgan fingerprint density at radius 2 is 2.00 bits per heavy atom. The Balaban J connectivity index is 2.17. The van der Waals surface area contributed by atoms with E-state index in [2.05, 4.69) is 15.3 Å². The second kappa shape index (κ2) is 5.35. The molecule has 2 aromatic heterocycles. The number of hydrogen-bond acceptors (Lipinski definition) is 3. The van der Waals surface area contributed by atoms with Gasteiger partial charge in [0.05, 0.1) is 12.2 Å². The average molecular weight is 267 g/mol. The van der Waals surface area contributed by atoms with Gasteiger partial charge in [0.2, 0.25) is 0 Å². The Bertz CT molecular complexity index is 737. The van der Waals surface area contributed by atoms with Gasteiger partial charge in [-0.15, -0.1) is 0 Å². The van der Waals surface area contributed by atoms with E-state index in [1.54, 1.807) is 12.4 Å². The van der Waals surface area contributed by atoms with Crippen molar-refractivity contribution in [2.24, 2.45) is 0 Å². The first kappa shape index (κ1) is 12.7. The predicted molar refractivity (Wildman–Crippen MR) is 76.8 cm³/mol. The molecule has 0 aliphatic carbocycles. The topological polar surface area (TPSA) is 37.8 Å². The molecule has 0 fully saturated rings. The molecule has 3 aromatic rings. The van der Waals surface area contributed by atoms with Crippen LogP contribution in [0.25, 0.3) is 10.8 Å². The summed E-state index contributed by atoms with van der Waals surface area (Å²) in [5.41, 5.74) is 1.89. The molecule has 0 aliphatic rings. The Morgan fingerprint density at radius 1 is 1.10 bits per heavy atom. The number of aromatic nitrogens is 2. The summed E-state index contributed by atoms with van der Waals surface area (Å²) in [6, 6.07) is 9.41. The van der Waals surface area contributed by atoms with E-state index in [-0.39, 0.29) is 11.9 Å². The van der Waals surface area contributed by atoms with Crippen LogP contribution in [0.15, 0.2) is 55.1 Å². The first-order valence-electron chi connectivity index (χ1n) is 6.40. The van der Waals surface area contributed by atoms with Crippen molar-refractivity contribution in [3.8, 4) is 0 Å². The molecule has 1 aromatic carbocycles. The van der Waals surface area contributed by atoms with Gasteiger partial charge in [-0.2, -0.15) is 0 Å². The lowest BCUT2D eigenvalue weighted by atomic mass is 9.95. The highest BCUT2D eigenvalue weighted by molar-refractivity contribution is 5.85. The highest BCUT2D eigenvalue weighted by atomic mass is 19.1. The number of fused-ring (bicyclic) bond motifs is 1. The van der Waals surface area contributed by atoms with Gasteiger partial charge in [-0.25, -0.2) is 4.39 Å². The first-order chi connectivity index (χ1) is 9.79. The van der Waals surface area contributed by atoms with Gasteiger partial charge >= 0.3 is 0 Å². The van der Waals surface area contributed by atoms with Crippen molar-refractivity contribution >= 4 is 10.8 Å². The van der Waals surface area contributed by atoms with Gasteiger partial charge in [-0.3, -0.25) is 9.97 Å². The summed E-state index contributed by atoms with van der Waals surface area (Å²) in [5.74, 6) is -0.329. The second-order valence-electron chi connectivity index (χ2n) is 4.60. The van der Waals surface area contributed by atoms with E-state index >= 15 is 0 Å². The van der Waals surface area contributed by atoms with Gasteiger partial charge in [0, 0.05) is 24.0 Å². The third kappa shape index (κ3) is 2.26. The van der Waals surface area contributed by atoms with Crippen molar-refractivity contribution in [2.45, 2.75) is 6.04 Å². The number of nitrogens with zero attached hydrogens (tertiary/aromatic N) is 2. The van der Waals surface area contributed by atoms with Crippen molar-refractivity contribution in [1.29, 1.82) is 0 Å². The molecule has 3 rings (SSSR count). The number of rotatable bonds is 3. The highest BCUT2D eigenvalue weighted by Gasteiger charge is 2.15. The van der Waals surface area contributed by atoms with Crippen molar-refractivity contribution in [3.05, 3.63) is 72.1 Å². The molecule has 0 amide bonds. The van der Waals surface area contributed by atoms with Crippen LogP contribution >= 0.6 is 0 Å². The maximum absolute atomic E-state index is 13.4. The molecule has 4 heteroatoms. The van der Waals surface area contributed by atoms with E-state index in [1.807, 2.05) is 37.5 Å². The number of hydrogen-bond donors (Lipinski definition) is 1. The fraction of sp³-hybridized carbons (Fsp3) is 0.125. The maximum atomic E-state index is 13.4. The van der Waals surface area contributed by atoms with Crippen molar-refractivity contribution in [1.82, 2.24) is 15.3 Å². The monoisotopic (exact) mass is 267 g/mol. The molecule has 1 atom stereocenters. The molecule has 2 heterocycles. The van der Waals surface area contributed by atoms with E-state index in [9.17, 15) is 4.39 Å². The maximum Gasteiger partial charge on any atom is 0.141 e. The first-order valence-corrected chi connectivity index (χ1v) is 6.40. The van der Waals surface area contributed by atoms with Crippen molar-refractivity contribution in [2.75, 3.05) is 7.05 Å². The lowest BCUT2D eigenvalue weighted by Gasteiger charge is -2.18. The molecule has 3 nitrogen and oxygen atoms in total. The van der Waals surface area contributed by atoms with Gasteiger partial charge in [0.1, 0.15) is 5.82 Å². The van der Waals surface area contributed by atoms with Crippen LogP contribution in [0, 0.1) is 5.82 Å². The highest BCUT2D eigenvalue weighted by Crippen LogP contribution is 2.28. The van der Waals surface area contributed by atoms with Crippen LogP contribution in [0.2, 0.25) is 0 Å². The lowest BCUT2D eigenvalue weighted by Crippen LogP contribution is -2.18. The van der Waals surface area contributed by atoms with Gasteiger partial charge < -0.3 is 5.32 Å². The van der Waals surface area contributed by atoms with E-state index in [0.717, 1.165) is 21.9 Å². The van der Waals surface area contributed by atoms with Crippen LogP contribution in [0.3, 0.4) is 0 Å². The standard InChI is InChI=1S/C16H14FN3/c1-18-16(12-7-13(17)10-20-9-12)15-4-2-3-11-8-19-6-5-14(11)15/h2-10,16,18H,1H3. The summed E-state index contributed by atoms with van der Waals surface area (Å²) in [4.78, 5) is 8.06. The summed E-state index contributed by atoms with van der Waals surface area (Å²) in [7, 11) is 1.86. The second-order valence-corrected chi connectivity index (χ2v) is 4.60. The van der Waals surface area contributed by atoms with Gasteiger partial charge in [-0.1, -0.05) is 18.2 Å². The van der Waals surface area contributed by atoms with Gasteiger partial charge in [0.25, 0.3) is 0 Å². The van der Waals surface area contributed by atoms with Crippen LogP contribution in [-0.2, 0) is 0 Å². The number of nitrogens with one attached hydrogen (secondary N) is 1. The average Bonchev–Trinajstić information content (AvgIpc) is 2.48. The SMILES string of the molecule is CNC(c1cncc(F)c1)c1cccc2cnccc12. The van der Waals surface area contributed by atoms with E-state index in [1.165, 1.54) is 12.3 Å². The number of halogens is 1. The molecule has 100 valence electrons. The fourth-order valence-corrected chi connectivity index (χ4v) is 2.49. The van der Waals surface area contributed by atoms with E-state index < -0.39 is 0 Å². The molecule has 0 aliphatic heterocycles. The molecule has 20 heavy (non-hydrogen) atoms. The summed E-state index contributed by atoms with van der Waals surface area (Å²) in [5, 5.41) is 5.39. The van der Waals surface area contributed by atoms with Crippen LogP contribution in [0.5, 0.6) is 0 Å². The lowest BCUT2D eigenvalue weighted by molar-refractivity contribution is 0.609. The van der Waals surface area contributed by atoms with Gasteiger partial charge in [0.15, 0.2) is 0 Å². The molecular weight excluding hydrogens is 253 g/mol. The quantitative estimate of drug-likeness (QED) is 0.792. The van der Waals surface area contributed by atoms with E-state index in [0.29, 0.717) is 0 Å². The molecule has 0 saturated heterocycles. The van der Waals surface area contributed by atoms with E-state index in [4.69, 9.17) is 0 Å². The van der Waals surface area contributed by atoms with Crippen LogP contribution in [-0.4, -0.2) is 17.0 Å². The Morgan fingerprint density at radius 3 is 2.80 bits per heavy atom. The largest absolute Gasteiger partial charge is 0.309 e. The fourth-order valence-electron chi connectivity index (χ4n) is 2.49. The summed E-state index contributed by atoms with van der Waals surface area (Å²) < 4.78 is 13.4. The summed E-state index contributed by atoms with van der Waals surface area (Å²) in [6.45, 7) is 0. The minimum Gasteiger partial charge on any atom is -0.309 e. The number of benzene rings is 1. The Hall–Kier alpha value is -2.33. The Kier molecular flexibility index (Phi) is 3.39. The zero-order chi connectivity index (χ0) is 13.9. The smallest absolute Gasteiger partial charge is 0.141 e. The summed E-state index contributed by atoms with van der Waals surface area (Å²) in [6.07, 6.45) is 6.49. The van der Waals surface area contributed by atoms with Crippen molar-refractivity contribution < 1.29 is 4.39 Å². The molecule has 1 N–H and O–H groups in total. The Labute approximate surface area is 116 Å². The van der Waals surface area contributed by atoms with Crippen LogP contribution < -0.4 is 5.32 Å².